The van der Waals surface area contributed by atoms with Gasteiger partial charge in [-0.05, 0) is 24.8 Å². The minimum atomic E-state index is 0.221. The Bertz CT molecular complexity index is 201. The van der Waals surface area contributed by atoms with Gasteiger partial charge in [0.2, 0.25) is 0 Å². The highest BCUT2D eigenvalue weighted by Gasteiger charge is 2.29. The molecule has 2 N–H and O–H groups in total. The average Bonchev–Trinajstić information content (AvgIpc) is 2.65. The summed E-state index contributed by atoms with van der Waals surface area (Å²) in [5, 5.41) is 0. The van der Waals surface area contributed by atoms with Gasteiger partial charge in [0.25, 0.3) is 0 Å². The molecule has 10 heavy (non-hydrogen) atoms. The number of hydrogen-bond acceptors (Lipinski definition) is 2. The van der Waals surface area contributed by atoms with Crippen LogP contribution >= 0.6 is 0 Å². The van der Waals surface area contributed by atoms with Crippen molar-refractivity contribution in [1.82, 2.24) is 0 Å². The minimum absolute atomic E-state index is 0.221. The van der Waals surface area contributed by atoms with Crippen molar-refractivity contribution in [3.63, 3.8) is 0 Å². The maximum atomic E-state index is 5.88. The zero-order valence-electron chi connectivity index (χ0n) is 5.79. The van der Waals surface area contributed by atoms with Gasteiger partial charge < -0.3 is 10.2 Å². The van der Waals surface area contributed by atoms with Crippen molar-refractivity contribution in [3.8, 4) is 0 Å². The summed E-state index contributed by atoms with van der Waals surface area (Å²) < 4.78 is 4.93. The smallest absolute Gasteiger partial charge is 0.0950 e. The van der Waals surface area contributed by atoms with Gasteiger partial charge in [0.05, 0.1) is 12.5 Å². The summed E-state index contributed by atoms with van der Waals surface area (Å²) in [6.45, 7) is 0. The van der Waals surface area contributed by atoms with E-state index in [0.717, 1.165) is 11.5 Å². The van der Waals surface area contributed by atoms with E-state index in [4.69, 9.17) is 10.2 Å². The van der Waals surface area contributed by atoms with E-state index in [9.17, 15) is 0 Å². The summed E-state index contributed by atoms with van der Waals surface area (Å²) in [6, 6.07) is 2.17. The van der Waals surface area contributed by atoms with Crippen molar-refractivity contribution in [2.24, 2.45) is 11.7 Å². The Morgan fingerprint density at radius 2 is 2.40 bits per heavy atom. The lowest BCUT2D eigenvalue weighted by Crippen LogP contribution is -2.10. The van der Waals surface area contributed by atoms with E-state index in [1.807, 2.05) is 6.07 Å². The molecule has 1 heterocycles. The normalized spacial score (nSPS) is 20.9. The van der Waals surface area contributed by atoms with Gasteiger partial charge in [-0.15, -0.1) is 0 Å². The fraction of sp³-hybridized carbons (Fsp3) is 0.500. The monoisotopic (exact) mass is 137 g/mol. The van der Waals surface area contributed by atoms with E-state index in [-0.39, 0.29) is 6.04 Å². The molecular weight excluding hydrogens is 126 g/mol. The third-order valence-electron chi connectivity index (χ3n) is 2.06. The lowest BCUT2D eigenvalue weighted by Gasteiger charge is -2.04. The fourth-order valence-corrected chi connectivity index (χ4v) is 1.19. The predicted molar refractivity (Wildman–Crippen MR) is 38.4 cm³/mol. The van der Waals surface area contributed by atoms with Crippen molar-refractivity contribution in [2.45, 2.75) is 18.9 Å². The average molecular weight is 137 g/mol. The number of furan rings is 1. The lowest BCUT2D eigenvalue weighted by atomic mass is 10.1. The zero-order chi connectivity index (χ0) is 6.97. The molecule has 0 aliphatic heterocycles. The van der Waals surface area contributed by atoms with Gasteiger partial charge in [-0.25, -0.2) is 0 Å². The fourth-order valence-electron chi connectivity index (χ4n) is 1.19. The van der Waals surface area contributed by atoms with Crippen LogP contribution in [0.25, 0.3) is 0 Å². The van der Waals surface area contributed by atoms with E-state index in [2.05, 4.69) is 0 Å². The third-order valence-corrected chi connectivity index (χ3v) is 2.06. The molecule has 1 saturated carbocycles. The lowest BCUT2D eigenvalue weighted by molar-refractivity contribution is 0.551. The molecule has 0 spiro atoms. The minimum Gasteiger partial charge on any atom is -0.472 e. The summed E-state index contributed by atoms with van der Waals surface area (Å²) in [5.74, 6) is 0.720. The standard InChI is InChI=1S/C8H11NO/c9-8(6-1-2-6)7-3-4-10-5-7/h3-6,8H,1-2,9H2. The first-order valence-corrected chi connectivity index (χ1v) is 3.65. The first-order chi connectivity index (χ1) is 4.88. The predicted octanol–water partition coefficient (Wildman–Crippen LogP) is 1.69. The maximum Gasteiger partial charge on any atom is 0.0950 e. The molecule has 1 atom stereocenters. The van der Waals surface area contributed by atoms with Crippen molar-refractivity contribution in [3.05, 3.63) is 24.2 Å². The molecule has 2 nitrogen and oxygen atoms in total. The number of hydrogen-bond donors (Lipinski definition) is 1. The van der Waals surface area contributed by atoms with Crippen LogP contribution in [0.15, 0.2) is 23.0 Å². The van der Waals surface area contributed by atoms with Crippen molar-refractivity contribution in [2.75, 3.05) is 0 Å². The SMILES string of the molecule is NC(c1ccoc1)C1CC1. The summed E-state index contributed by atoms with van der Waals surface area (Å²) in [4.78, 5) is 0. The summed E-state index contributed by atoms with van der Waals surface area (Å²) in [5.41, 5.74) is 7.03. The van der Waals surface area contributed by atoms with Gasteiger partial charge in [0.15, 0.2) is 0 Å². The van der Waals surface area contributed by atoms with Crippen LogP contribution in [-0.4, -0.2) is 0 Å². The van der Waals surface area contributed by atoms with Crippen LogP contribution in [0.4, 0.5) is 0 Å². The van der Waals surface area contributed by atoms with Gasteiger partial charge in [0.1, 0.15) is 0 Å². The summed E-state index contributed by atoms with van der Waals surface area (Å²) in [7, 11) is 0. The van der Waals surface area contributed by atoms with E-state index < -0.39 is 0 Å². The van der Waals surface area contributed by atoms with Crippen LogP contribution in [0, 0.1) is 5.92 Å². The molecule has 54 valence electrons. The van der Waals surface area contributed by atoms with Crippen LogP contribution in [0.3, 0.4) is 0 Å². The van der Waals surface area contributed by atoms with Gasteiger partial charge in [-0.3, -0.25) is 0 Å². The Balaban J connectivity index is 2.11. The Morgan fingerprint density at radius 3 is 2.90 bits per heavy atom. The third kappa shape index (κ3) is 0.948. The highest BCUT2D eigenvalue weighted by Crippen LogP contribution is 2.39. The maximum absolute atomic E-state index is 5.88. The quantitative estimate of drug-likeness (QED) is 0.673. The Morgan fingerprint density at radius 1 is 1.60 bits per heavy atom. The molecule has 1 fully saturated rings. The summed E-state index contributed by atoms with van der Waals surface area (Å²) in [6.07, 6.45) is 5.99. The Kier molecular flexibility index (Phi) is 1.27. The molecule has 1 unspecified atom stereocenters. The van der Waals surface area contributed by atoms with Crippen LogP contribution in [0.1, 0.15) is 24.4 Å². The van der Waals surface area contributed by atoms with Gasteiger partial charge in [-0.2, -0.15) is 0 Å². The molecule has 0 amide bonds. The van der Waals surface area contributed by atoms with Crippen molar-refractivity contribution < 1.29 is 4.42 Å². The largest absolute Gasteiger partial charge is 0.472 e. The van der Waals surface area contributed by atoms with E-state index in [1.54, 1.807) is 12.5 Å². The van der Waals surface area contributed by atoms with Crippen molar-refractivity contribution in [1.29, 1.82) is 0 Å². The van der Waals surface area contributed by atoms with Crippen LogP contribution in [0.5, 0.6) is 0 Å². The van der Waals surface area contributed by atoms with E-state index >= 15 is 0 Å². The molecule has 0 aromatic carbocycles. The molecule has 1 aliphatic rings. The van der Waals surface area contributed by atoms with Gasteiger partial charge in [-0.1, -0.05) is 0 Å². The topological polar surface area (TPSA) is 39.2 Å². The van der Waals surface area contributed by atoms with E-state index in [1.165, 1.54) is 12.8 Å². The Hall–Kier alpha value is -0.760. The highest BCUT2D eigenvalue weighted by molar-refractivity contribution is 5.13. The summed E-state index contributed by atoms with van der Waals surface area (Å²) >= 11 is 0. The molecule has 2 heteroatoms. The van der Waals surface area contributed by atoms with E-state index in [0.29, 0.717) is 0 Å². The second-order valence-electron chi connectivity index (χ2n) is 2.92. The van der Waals surface area contributed by atoms with Gasteiger partial charge in [0, 0.05) is 11.6 Å². The zero-order valence-corrected chi connectivity index (χ0v) is 5.79. The molecule has 0 radical (unpaired) electrons. The molecular formula is C8H11NO. The number of nitrogens with two attached hydrogens (primary N) is 1. The first kappa shape index (κ1) is 5.98. The second kappa shape index (κ2) is 2.13. The molecule has 2 rings (SSSR count). The molecule has 1 aromatic heterocycles. The highest BCUT2D eigenvalue weighted by atomic mass is 16.3. The van der Waals surface area contributed by atoms with Crippen LogP contribution < -0.4 is 5.73 Å². The molecule has 0 saturated heterocycles. The molecule has 0 bridgehead atoms. The Labute approximate surface area is 60.0 Å². The first-order valence-electron chi connectivity index (χ1n) is 3.65. The van der Waals surface area contributed by atoms with Crippen molar-refractivity contribution >= 4 is 0 Å². The molecule has 1 aliphatic carbocycles. The second-order valence-corrected chi connectivity index (χ2v) is 2.92. The van der Waals surface area contributed by atoms with Crippen LogP contribution in [0.2, 0.25) is 0 Å². The number of rotatable bonds is 2. The van der Waals surface area contributed by atoms with Gasteiger partial charge >= 0.3 is 0 Å². The molecule has 1 aromatic rings. The van der Waals surface area contributed by atoms with Crippen LogP contribution in [-0.2, 0) is 0 Å².